The molecule has 3 rings (SSSR count). The van der Waals surface area contributed by atoms with E-state index in [-0.39, 0.29) is 18.1 Å². The lowest BCUT2D eigenvalue weighted by atomic mass is 10.1. The molecule has 35 heavy (non-hydrogen) atoms. The smallest absolute Gasteiger partial charge is 0.351 e. The molecule has 1 fully saturated rings. The van der Waals surface area contributed by atoms with E-state index in [1.165, 1.54) is 12.3 Å². The fourth-order valence-corrected chi connectivity index (χ4v) is 4.30. The molecule has 0 saturated carbocycles. The Hall–Kier alpha value is -2.21. The molecule has 1 aromatic carbocycles. The van der Waals surface area contributed by atoms with Crippen LogP contribution in [-0.4, -0.2) is 80.5 Å². The van der Waals surface area contributed by atoms with Crippen molar-refractivity contribution in [2.45, 2.75) is 43.8 Å². The van der Waals surface area contributed by atoms with E-state index in [1.807, 2.05) is 24.3 Å². The summed E-state index contributed by atoms with van der Waals surface area (Å²) >= 11 is 11.7. The minimum absolute atomic E-state index is 0.0750. The van der Waals surface area contributed by atoms with Crippen molar-refractivity contribution >= 4 is 40.6 Å². The minimum Gasteiger partial charge on any atom is -0.394 e. The average Bonchev–Trinajstić information content (AvgIpc) is 3.13. The molecule has 1 amide bonds. The van der Waals surface area contributed by atoms with Gasteiger partial charge in [-0.1, -0.05) is 12.1 Å². The van der Waals surface area contributed by atoms with Gasteiger partial charge >= 0.3 is 5.69 Å². The fourth-order valence-electron chi connectivity index (χ4n) is 3.89. The first-order chi connectivity index (χ1) is 16.9. The van der Waals surface area contributed by atoms with Crippen LogP contribution in [0.4, 0.5) is 11.5 Å². The van der Waals surface area contributed by atoms with Crippen LogP contribution in [0.3, 0.4) is 0 Å². The summed E-state index contributed by atoms with van der Waals surface area (Å²) in [4.78, 5) is 30.6. The zero-order chi connectivity index (χ0) is 25.4. The van der Waals surface area contributed by atoms with Gasteiger partial charge in [-0.05, 0) is 36.6 Å². The molecule has 10 nitrogen and oxygen atoms in total. The van der Waals surface area contributed by atoms with E-state index in [1.54, 1.807) is 0 Å². The van der Waals surface area contributed by atoms with Crippen LogP contribution >= 0.6 is 23.2 Å². The lowest BCUT2D eigenvalue weighted by molar-refractivity contribution is -0.116. The third-order valence-electron chi connectivity index (χ3n) is 5.77. The van der Waals surface area contributed by atoms with Crippen LogP contribution in [0.15, 0.2) is 41.3 Å². The van der Waals surface area contributed by atoms with Crippen molar-refractivity contribution in [3.05, 3.63) is 52.6 Å². The number of ether oxygens (including phenoxy) is 1. The topological polar surface area (TPSA) is 137 Å². The van der Waals surface area contributed by atoms with Crippen LogP contribution in [0.25, 0.3) is 0 Å². The van der Waals surface area contributed by atoms with Crippen LogP contribution < -0.4 is 15.9 Å². The molecule has 2 aromatic rings. The van der Waals surface area contributed by atoms with Gasteiger partial charge in [-0.3, -0.25) is 9.36 Å². The number of benzene rings is 1. The molecule has 1 aliphatic heterocycles. The highest BCUT2D eigenvalue weighted by molar-refractivity contribution is 6.18. The molecule has 0 spiro atoms. The number of aromatic nitrogens is 2. The number of aliphatic hydroxyl groups is 3. The Bertz CT molecular complexity index is 1020. The van der Waals surface area contributed by atoms with Gasteiger partial charge in [0, 0.05) is 43.2 Å². The number of aryl methyl sites for hydroxylation is 1. The van der Waals surface area contributed by atoms with E-state index in [9.17, 15) is 24.9 Å². The van der Waals surface area contributed by atoms with E-state index in [0.717, 1.165) is 15.8 Å². The molecular weight excluding hydrogens is 499 g/mol. The van der Waals surface area contributed by atoms with E-state index >= 15 is 0 Å². The number of nitrogens with one attached hydrogen (secondary N) is 1. The van der Waals surface area contributed by atoms with E-state index in [2.05, 4.69) is 15.2 Å². The van der Waals surface area contributed by atoms with Crippen molar-refractivity contribution in [1.29, 1.82) is 0 Å². The number of carbonyl (C=O) groups is 1. The number of aliphatic hydroxyl groups excluding tert-OH is 3. The summed E-state index contributed by atoms with van der Waals surface area (Å²) in [5.41, 5.74) is 1.37. The first-order valence-electron chi connectivity index (χ1n) is 11.3. The third-order valence-corrected chi connectivity index (χ3v) is 6.11. The van der Waals surface area contributed by atoms with Gasteiger partial charge in [0.2, 0.25) is 5.91 Å². The van der Waals surface area contributed by atoms with E-state index in [4.69, 9.17) is 27.9 Å². The molecule has 192 valence electrons. The molecular formula is C23H30Cl2N4O6. The quantitative estimate of drug-likeness (QED) is 0.300. The lowest BCUT2D eigenvalue weighted by Gasteiger charge is -2.23. The number of amides is 1. The normalized spacial score (nSPS) is 21.7. The summed E-state index contributed by atoms with van der Waals surface area (Å²) in [6.45, 7) is 0.924. The fraction of sp³-hybridized carbons (Fsp3) is 0.522. The maximum atomic E-state index is 12.4. The molecule has 0 bridgehead atoms. The highest BCUT2D eigenvalue weighted by Gasteiger charge is 2.43. The van der Waals surface area contributed by atoms with Gasteiger partial charge < -0.3 is 30.3 Å². The van der Waals surface area contributed by atoms with Crippen LogP contribution in [0.1, 0.15) is 24.6 Å². The molecule has 4 unspecified atom stereocenters. The number of anilines is 2. The van der Waals surface area contributed by atoms with Crippen molar-refractivity contribution < 1.29 is 24.9 Å². The van der Waals surface area contributed by atoms with Gasteiger partial charge in [-0.2, -0.15) is 4.98 Å². The number of halogens is 2. The second-order valence-corrected chi connectivity index (χ2v) is 8.92. The summed E-state index contributed by atoms with van der Waals surface area (Å²) in [6, 6.07) is 9.46. The molecule has 0 aliphatic carbocycles. The highest BCUT2D eigenvalue weighted by Crippen LogP contribution is 2.28. The largest absolute Gasteiger partial charge is 0.394 e. The molecule has 12 heteroatoms. The summed E-state index contributed by atoms with van der Waals surface area (Å²) in [6.07, 6.45) is -2.05. The SMILES string of the molecule is O=C(CCCc1ccc(N(CCCl)CCCl)cc1)Nc1ccn(C2OC(CO)C(O)C2O)c(=O)n1. The number of hydrogen-bond acceptors (Lipinski definition) is 8. The van der Waals surface area contributed by atoms with Crippen molar-refractivity contribution in [3.63, 3.8) is 0 Å². The summed E-state index contributed by atoms with van der Waals surface area (Å²) in [7, 11) is 0. The first-order valence-corrected chi connectivity index (χ1v) is 12.4. The zero-order valence-corrected chi connectivity index (χ0v) is 20.6. The molecule has 1 saturated heterocycles. The number of alkyl halides is 2. The average molecular weight is 529 g/mol. The zero-order valence-electron chi connectivity index (χ0n) is 19.1. The second kappa shape index (κ2) is 13.2. The van der Waals surface area contributed by atoms with Gasteiger partial charge in [0.1, 0.15) is 24.1 Å². The van der Waals surface area contributed by atoms with Gasteiger partial charge in [0.05, 0.1) is 6.61 Å². The lowest BCUT2D eigenvalue weighted by Crippen LogP contribution is -2.36. The van der Waals surface area contributed by atoms with Gasteiger partial charge in [-0.15, -0.1) is 23.2 Å². The Kier molecular flexibility index (Phi) is 10.3. The second-order valence-electron chi connectivity index (χ2n) is 8.16. The third kappa shape index (κ3) is 7.16. The maximum Gasteiger partial charge on any atom is 0.351 e. The van der Waals surface area contributed by atoms with E-state index in [0.29, 0.717) is 37.7 Å². The molecule has 4 atom stereocenters. The van der Waals surface area contributed by atoms with E-state index < -0.39 is 36.8 Å². The van der Waals surface area contributed by atoms with Crippen LogP contribution in [0, 0.1) is 0 Å². The van der Waals surface area contributed by atoms with Gasteiger partial charge in [0.15, 0.2) is 6.23 Å². The van der Waals surface area contributed by atoms with Gasteiger partial charge in [0.25, 0.3) is 0 Å². The van der Waals surface area contributed by atoms with Crippen molar-refractivity contribution in [2.75, 3.05) is 41.7 Å². The molecule has 1 aliphatic rings. The van der Waals surface area contributed by atoms with Crippen molar-refractivity contribution in [3.8, 4) is 0 Å². The summed E-state index contributed by atoms with van der Waals surface area (Å²) in [5, 5.41) is 31.7. The minimum atomic E-state index is -1.40. The number of rotatable bonds is 12. The monoisotopic (exact) mass is 528 g/mol. The first kappa shape index (κ1) is 27.4. The number of hydrogen-bond donors (Lipinski definition) is 4. The summed E-state index contributed by atoms with van der Waals surface area (Å²) in [5.74, 6) is 0.823. The predicted molar refractivity (Wildman–Crippen MR) is 133 cm³/mol. The predicted octanol–water partition coefficient (Wildman–Crippen LogP) is 1.10. The Morgan fingerprint density at radius 3 is 2.37 bits per heavy atom. The Balaban J connectivity index is 1.49. The molecule has 1 aromatic heterocycles. The van der Waals surface area contributed by atoms with Crippen molar-refractivity contribution in [1.82, 2.24) is 9.55 Å². The van der Waals surface area contributed by atoms with Crippen molar-refractivity contribution in [2.24, 2.45) is 0 Å². The standard InChI is InChI=1S/C23H30Cl2N4O6/c24-9-12-28(13-10-25)16-6-4-15(5-7-16)2-1-3-19(31)26-18-8-11-29(23(34)27-18)22-21(33)20(32)17(14-30)35-22/h4-8,11,17,20-22,30,32-33H,1-3,9-10,12-14H2,(H,26,27,31,34). The number of carbonyl (C=O) groups excluding carboxylic acids is 1. The van der Waals surface area contributed by atoms with Gasteiger partial charge in [-0.25, -0.2) is 4.79 Å². The molecule has 4 N–H and O–H groups in total. The van der Waals surface area contributed by atoms with Crippen LogP contribution in [0.5, 0.6) is 0 Å². The molecule has 0 radical (unpaired) electrons. The van der Waals surface area contributed by atoms with Crippen LogP contribution in [0.2, 0.25) is 0 Å². The Morgan fingerprint density at radius 1 is 1.11 bits per heavy atom. The maximum absolute atomic E-state index is 12.4. The Morgan fingerprint density at radius 2 is 1.80 bits per heavy atom. The molecule has 2 heterocycles. The van der Waals surface area contributed by atoms with Crippen LogP contribution in [-0.2, 0) is 16.0 Å². The Labute approximate surface area is 213 Å². The summed E-state index contributed by atoms with van der Waals surface area (Å²) < 4.78 is 6.34. The highest BCUT2D eigenvalue weighted by atomic mass is 35.5. The number of nitrogens with zero attached hydrogens (tertiary/aromatic N) is 3.